The van der Waals surface area contributed by atoms with E-state index in [0.29, 0.717) is 11.3 Å². The molecule has 0 aliphatic carbocycles. The van der Waals surface area contributed by atoms with Gasteiger partial charge in [0.05, 0.1) is 12.7 Å². The van der Waals surface area contributed by atoms with Gasteiger partial charge in [-0.25, -0.2) is 0 Å². The first-order valence-electron chi connectivity index (χ1n) is 5.85. The van der Waals surface area contributed by atoms with E-state index in [4.69, 9.17) is 17.0 Å². The van der Waals surface area contributed by atoms with E-state index in [1.54, 1.807) is 31.5 Å². The number of benzene rings is 1. The zero-order valence-electron chi connectivity index (χ0n) is 10.8. The van der Waals surface area contributed by atoms with Crippen LogP contribution in [0.25, 0.3) is 0 Å². The van der Waals surface area contributed by atoms with Gasteiger partial charge in [-0.2, -0.15) is 0 Å². The minimum Gasteiger partial charge on any atom is -0.497 e. The van der Waals surface area contributed by atoms with Gasteiger partial charge in [0.2, 0.25) is 0 Å². The Morgan fingerprint density at radius 2 is 2.15 bits per heavy atom. The first-order valence-corrected chi connectivity index (χ1v) is 6.26. The molecule has 20 heavy (non-hydrogen) atoms. The molecule has 0 unspecified atom stereocenters. The molecule has 0 aliphatic rings. The maximum Gasteiger partial charge on any atom is 0.258 e. The number of carbonyl (C=O) groups excluding carboxylic acids is 1. The number of aromatic nitrogens is 1. The molecule has 1 amide bonds. The molecule has 0 fully saturated rings. The Hall–Kier alpha value is -2.47. The van der Waals surface area contributed by atoms with Crippen LogP contribution in [-0.2, 0) is 0 Å². The molecule has 1 aromatic heterocycles. The van der Waals surface area contributed by atoms with Crippen LogP contribution in [0.2, 0.25) is 0 Å². The molecule has 2 aromatic rings. The van der Waals surface area contributed by atoms with Crippen LogP contribution in [0, 0.1) is 0 Å². The standard InChI is InChI=1S/C14H13N3O2S/c1-19-12-6-2-5-11(8-12)16-14(20)17-13(18)10-4-3-7-15-9-10/h2-9H,1H3,(H2,16,17,18,20). The molecular formula is C14H13N3O2S. The van der Waals surface area contributed by atoms with Crippen LogP contribution in [0.1, 0.15) is 10.4 Å². The summed E-state index contributed by atoms with van der Waals surface area (Å²) in [5.41, 5.74) is 1.18. The third-order valence-corrected chi connectivity index (χ3v) is 2.68. The molecule has 5 nitrogen and oxygen atoms in total. The topological polar surface area (TPSA) is 63.2 Å². The van der Waals surface area contributed by atoms with E-state index < -0.39 is 0 Å². The number of ether oxygens (including phenoxy) is 1. The van der Waals surface area contributed by atoms with E-state index in [9.17, 15) is 4.79 Å². The van der Waals surface area contributed by atoms with Gasteiger partial charge in [-0.3, -0.25) is 15.1 Å². The van der Waals surface area contributed by atoms with Crippen molar-refractivity contribution in [2.24, 2.45) is 0 Å². The summed E-state index contributed by atoms with van der Waals surface area (Å²) in [6, 6.07) is 10.6. The van der Waals surface area contributed by atoms with Crippen molar-refractivity contribution >= 4 is 28.9 Å². The average molecular weight is 287 g/mol. The minimum atomic E-state index is -0.307. The summed E-state index contributed by atoms with van der Waals surface area (Å²) in [5, 5.41) is 5.71. The molecule has 6 heteroatoms. The van der Waals surface area contributed by atoms with Crippen LogP contribution in [0.5, 0.6) is 5.75 Å². The minimum absolute atomic E-state index is 0.215. The lowest BCUT2D eigenvalue weighted by molar-refractivity contribution is 0.0977. The highest BCUT2D eigenvalue weighted by Gasteiger charge is 2.07. The van der Waals surface area contributed by atoms with Gasteiger partial charge in [-0.05, 0) is 36.5 Å². The largest absolute Gasteiger partial charge is 0.497 e. The first-order chi connectivity index (χ1) is 9.69. The molecule has 102 valence electrons. The SMILES string of the molecule is COc1cccc(NC(=S)NC(=O)c2cccnc2)c1. The summed E-state index contributed by atoms with van der Waals surface area (Å²) >= 11 is 5.09. The van der Waals surface area contributed by atoms with Crippen molar-refractivity contribution in [3.8, 4) is 5.75 Å². The molecule has 1 heterocycles. The Bertz CT molecular complexity index is 617. The highest BCUT2D eigenvalue weighted by Crippen LogP contribution is 2.16. The van der Waals surface area contributed by atoms with Crippen LogP contribution in [0.3, 0.4) is 0 Å². The number of anilines is 1. The summed E-state index contributed by atoms with van der Waals surface area (Å²) in [6.07, 6.45) is 3.08. The first kappa shape index (κ1) is 14.0. The molecule has 0 radical (unpaired) electrons. The van der Waals surface area contributed by atoms with Crippen LogP contribution in [-0.4, -0.2) is 23.1 Å². The van der Waals surface area contributed by atoms with Crippen LogP contribution >= 0.6 is 12.2 Å². The molecule has 0 saturated carbocycles. The fourth-order valence-electron chi connectivity index (χ4n) is 1.54. The lowest BCUT2D eigenvalue weighted by Gasteiger charge is -2.10. The normalized spacial score (nSPS) is 9.65. The number of amides is 1. The lowest BCUT2D eigenvalue weighted by Crippen LogP contribution is -2.34. The fraction of sp³-hybridized carbons (Fsp3) is 0.0714. The van der Waals surface area contributed by atoms with Crippen LogP contribution < -0.4 is 15.4 Å². The van der Waals surface area contributed by atoms with Gasteiger partial charge in [-0.15, -0.1) is 0 Å². The monoisotopic (exact) mass is 287 g/mol. The molecule has 0 atom stereocenters. The molecule has 2 N–H and O–H groups in total. The predicted octanol–water partition coefficient (Wildman–Crippen LogP) is 2.22. The van der Waals surface area contributed by atoms with Crippen molar-refractivity contribution in [2.75, 3.05) is 12.4 Å². The second-order valence-electron chi connectivity index (χ2n) is 3.88. The van der Waals surface area contributed by atoms with Gasteiger partial charge in [0.1, 0.15) is 5.75 Å². The van der Waals surface area contributed by atoms with E-state index in [2.05, 4.69) is 15.6 Å². The summed E-state index contributed by atoms with van der Waals surface area (Å²) in [7, 11) is 1.58. The van der Waals surface area contributed by atoms with Crippen molar-refractivity contribution in [1.82, 2.24) is 10.3 Å². The Kier molecular flexibility index (Phi) is 4.62. The van der Waals surface area contributed by atoms with Gasteiger partial charge in [0.15, 0.2) is 5.11 Å². The number of thiocarbonyl (C=S) groups is 1. The van der Waals surface area contributed by atoms with E-state index in [1.165, 1.54) is 6.20 Å². The maximum absolute atomic E-state index is 11.9. The summed E-state index contributed by atoms with van der Waals surface area (Å²) in [4.78, 5) is 15.7. The molecule has 0 spiro atoms. The smallest absolute Gasteiger partial charge is 0.258 e. The van der Waals surface area contributed by atoms with E-state index in [-0.39, 0.29) is 11.0 Å². The molecule has 2 rings (SSSR count). The van der Waals surface area contributed by atoms with Gasteiger partial charge in [0.25, 0.3) is 5.91 Å². The number of pyridine rings is 1. The molecule has 0 bridgehead atoms. The summed E-state index contributed by atoms with van der Waals surface area (Å²) in [5.74, 6) is 0.398. The average Bonchev–Trinajstić information content (AvgIpc) is 2.48. The zero-order chi connectivity index (χ0) is 14.4. The van der Waals surface area contributed by atoms with Crippen molar-refractivity contribution in [3.05, 3.63) is 54.4 Å². The third-order valence-electron chi connectivity index (χ3n) is 2.48. The van der Waals surface area contributed by atoms with Crippen molar-refractivity contribution in [1.29, 1.82) is 0 Å². The van der Waals surface area contributed by atoms with Gasteiger partial charge < -0.3 is 10.1 Å². The van der Waals surface area contributed by atoms with Crippen molar-refractivity contribution in [3.63, 3.8) is 0 Å². The van der Waals surface area contributed by atoms with E-state index in [1.807, 2.05) is 18.2 Å². The zero-order valence-corrected chi connectivity index (χ0v) is 11.6. The fourth-order valence-corrected chi connectivity index (χ4v) is 1.75. The van der Waals surface area contributed by atoms with Gasteiger partial charge in [0, 0.05) is 24.1 Å². The van der Waals surface area contributed by atoms with Crippen molar-refractivity contribution < 1.29 is 9.53 Å². The highest BCUT2D eigenvalue weighted by atomic mass is 32.1. The molecule has 0 aliphatic heterocycles. The Balaban J connectivity index is 1.97. The van der Waals surface area contributed by atoms with E-state index >= 15 is 0 Å². The number of methoxy groups -OCH3 is 1. The predicted molar refractivity (Wildman–Crippen MR) is 80.9 cm³/mol. The van der Waals surface area contributed by atoms with Crippen LogP contribution in [0.4, 0.5) is 5.69 Å². The van der Waals surface area contributed by atoms with Gasteiger partial charge >= 0.3 is 0 Å². The van der Waals surface area contributed by atoms with Crippen molar-refractivity contribution in [2.45, 2.75) is 0 Å². The number of rotatable bonds is 3. The number of nitrogens with one attached hydrogen (secondary N) is 2. The van der Waals surface area contributed by atoms with Crippen LogP contribution in [0.15, 0.2) is 48.8 Å². The molecule has 1 aromatic carbocycles. The van der Waals surface area contributed by atoms with Gasteiger partial charge in [-0.1, -0.05) is 6.07 Å². The summed E-state index contributed by atoms with van der Waals surface area (Å²) in [6.45, 7) is 0. The molecule has 0 saturated heterocycles. The Morgan fingerprint density at radius 1 is 1.30 bits per heavy atom. The third kappa shape index (κ3) is 3.76. The maximum atomic E-state index is 11.9. The Morgan fingerprint density at radius 3 is 2.85 bits per heavy atom. The second kappa shape index (κ2) is 6.63. The summed E-state index contributed by atoms with van der Waals surface area (Å²) < 4.78 is 5.11. The Labute approximate surface area is 122 Å². The molecular weight excluding hydrogens is 274 g/mol. The highest BCUT2D eigenvalue weighted by molar-refractivity contribution is 7.80. The van der Waals surface area contributed by atoms with E-state index in [0.717, 1.165) is 5.69 Å². The number of hydrogen-bond donors (Lipinski definition) is 2. The quantitative estimate of drug-likeness (QED) is 0.848. The number of nitrogens with zero attached hydrogens (tertiary/aromatic N) is 1. The number of carbonyl (C=O) groups is 1. The number of hydrogen-bond acceptors (Lipinski definition) is 4. The lowest BCUT2D eigenvalue weighted by atomic mass is 10.3. The second-order valence-corrected chi connectivity index (χ2v) is 4.29.